The maximum Gasteiger partial charge on any atom is 0.330 e. The highest BCUT2D eigenvalue weighted by Gasteiger charge is 2.23. The molecule has 0 spiro atoms. The molecular formula is C29H23ClN8O16S5. The van der Waals surface area contributed by atoms with Gasteiger partial charge in [0.2, 0.25) is 23.1 Å². The second-order valence-corrected chi connectivity index (χ2v) is 16.2. The highest BCUT2D eigenvalue weighted by molar-refractivity contribution is 7.96. The molecule has 4 aromatic carbocycles. The summed E-state index contributed by atoms with van der Waals surface area (Å²) < 4.78 is 82.0. The molecule has 0 aliphatic heterocycles. The maximum absolute atomic E-state index is 12.4. The van der Waals surface area contributed by atoms with Crippen molar-refractivity contribution in [3.05, 3.63) is 65.9 Å². The number of nitrogens with zero attached hydrogens (tertiary/aromatic N) is 5. The van der Waals surface area contributed by atoms with Crippen LogP contribution in [0.5, 0.6) is 5.75 Å². The number of phenolic OH excluding ortho intramolecular Hbond substituents is 1. The van der Waals surface area contributed by atoms with Crippen molar-refractivity contribution in [2.45, 2.75) is 26.5 Å². The molecule has 0 fully saturated rings. The number of rotatable bonds is 18. The lowest BCUT2D eigenvalue weighted by Crippen LogP contribution is -2.08. The molecule has 0 aliphatic carbocycles. The lowest BCUT2D eigenvalue weighted by Gasteiger charge is -2.14. The van der Waals surface area contributed by atoms with Crippen molar-refractivity contribution in [2.75, 3.05) is 21.7 Å². The van der Waals surface area contributed by atoms with Crippen molar-refractivity contribution < 1.29 is 74.1 Å². The Morgan fingerprint density at radius 3 is 2.19 bits per heavy atom. The molecule has 59 heavy (non-hydrogen) atoms. The second-order valence-electron chi connectivity index (χ2n) is 10.9. The normalized spacial score (nSPS) is 11.8. The van der Waals surface area contributed by atoms with Gasteiger partial charge in [-0.3, -0.25) is 18.7 Å². The monoisotopic (exact) mass is 934 g/mol. The Kier molecular flexibility index (Phi) is 15.2. The van der Waals surface area contributed by atoms with E-state index in [-0.39, 0.29) is 62.0 Å². The fourth-order valence-corrected chi connectivity index (χ4v) is 7.34. The van der Waals surface area contributed by atoms with Crippen LogP contribution in [0.1, 0.15) is 6.92 Å². The van der Waals surface area contributed by atoms with Crippen LogP contribution in [-0.4, -0.2) is 74.1 Å². The summed E-state index contributed by atoms with van der Waals surface area (Å²) in [6.45, 7) is 1.08. The van der Waals surface area contributed by atoms with Crippen LogP contribution in [0.15, 0.2) is 90.5 Å². The zero-order chi connectivity index (χ0) is 42.9. The number of halogens is 1. The van der Waals surface area contributed by atoms with Crippen molar-refractivity contribution in [3.63, 3.8) is 0 Å². The summed E-state index contributed by atoms with van der Waals surface area (Å²) in [6, 6.07) is 12.6. The van der Waals surface area contributed by atoms with Gasteiger partial charge in [-0.1, -0.05) is 16.1 Å². The number of anilines is 5. The van der Waals surface area contributed by atoms with Crippen molar-refractivity contribution in [3.8, 4) is 5.75 Å². The van der Waals surface area contributed by atoms with Crippen LogP contribution >= 0.6 is 47.7 Å². The molecule has 0 atom stereocenters. The first-order chi connectivity index (χ1) is 27.9. The number of hydrogen-bond acceptors (Lipinski definition) is 24. The molecule has 1 amide bonds. The molecule has 24 nitrogen and oxygen atoms in total. The minimum Gasteiger partial charge on any atom is -0.505 e. The molecule has 1 heterocycles. The highest BCUT2D eigenvalue weighted by Crippen LogP contribution is 2.47. The molecule has 0 saturated heterocycles. The Labute approximate surface area is 348 Å². The molecule has 5 aromatic rings. The Morgan fingerprint density at radius 2 is 1.54 bits per heavy atom. The molecule has 5 rings (SSSR count). The molecule has 8 N–H and O–H groups in total. The maximum atomic E-state index is 12.4. The molecule has 0 bridgehead atoms. The number of aromatic nitrogens is 3. The standard InChI is InChI=1S/C29H23ClN8O16S5/c1-13(39)31-20-11-18(58(44,45)46)7-14-8-21(57-54-52-43)25(26(41)24(14)20)38-37-19-10-16(5-6-22(19)59(47,48)49)33-29-35-27(30)34-28(36-29)32-15-3-2-4-17(9-15)56-50-23(40)12-55-53-51-42/h2-11,41-43H,12H2,1H3,(H,31,39)(H,44,45,46)(H,47,48,49)(H2,32,33,34,35,36). The number of azo groups is 1. The number of benzene rings is 4. The van der Waals surface area contributed by atoms with E-state index >= 15 is 0 Å². The van der Waals surface area contributed by atoms with Crippen LogP contribution in [0.2, 0.25) is 5.28 Å². The van der Waals surface area contributed by atoms with Crippen LogP contribution in [0.4, 0.5) is 40.3 Å². The first-order valence-electron chi connectivity index (χ1n) is 15.2. The Morgan fingerprint density at radius 1 is 0.847 bits per heavy atom. The van der Waals surface area contributed by atoms with Gasteiger partial charge >= 0.3 is 5.97 Å². The molecule has 312 valence electrons. The van der Waals surface area contributed by atoms with E-state index < -0.39 is 59.0 Å². The summed E-state index contributed by atoms with van der Waals surface area (Å²) in [5.74, 6) is -2.73. The van der Waals surface area contributed by atoms with E-state index in [1.165, 1.54) is 6.07 Å². The van der Waals surface area contributed by atoms with Crippen molar-refractivity contribution in [1.82, 2.24) is 15.0 Å². The average Bonchev–Trinajstić information content (AvgIpc) is 3.14. The third kappa shape index (κ3) is 12.5. The minimum atomic E-state index is -4.98. The number of amides is 1. The smallest absolute Gasteiger partial charge is 0.330 e. The zero-order valence-electron chi connectivity index (χ0n) is 28.9. The number of carbonyl (C=O) groups is 2. The number of hydrogen-bond donors (Lipinski definition) is 8. The minimum absolute atomic E-state index is 0.0499. The molecule has 0 radical (unpaired) electrons. The van der Waals surface area contributed by atoms with Gasteiger partial charge in [0.1, 0.15) is 22.0 Å². The summed E-state index contributed by atoms with van der Waals surface area (Å²) in [7, 11) is -9.82. The first kappa shape index (κ1) is 45.1. The fourth-order valence-electron chi connectivity index (χ4n) is 4.66. The van der Waals surface area contributed by atoms with Gasteiger partial charge in [-0.25, -0.2) is 10.5 Å². The van der Waals surface area contributed by atoms with Gasteiger partial charge < -0.3 is 25.2 Å². The SMILES string of the molecule is CC(=O)Nc1cc(S(=O)(=O)O)cc2cc(SOOO)c(N=Nc3cc(Nc4nc(Cl)nc(Nc5cccc(SOC(=O)CSOOO)c5)n4)ccc3S(=O)(=O)O)c(O)c12. The lowest BCUT2D eigenvalue weighted by atomic mass is 10.1. The molecule has 0 unspecified atom stereocenters. The summed E-state index contributed by atoms with van der Waals surface area (Å²) in [6.07, 6.45) is 0. The van der Waals surface area contributed by atoms with E-state index in [0.29, 0.717) is 22.6 Å². The third-order valence-electron chi connectivity index (χ3n) is 6.82. The molecule has 0 aliphatic rings. The van der Waals surface area contributed by atoms with Crippen LogP contribution in [0.3, 0.4) is 0 Å². The highest BCUT2D eigenvalue weighted by atomic mass is 35.5. The first-order valence-corrected chi connectivity index (χ1v) is 20.9. The number of nitrogens with one attached hydrogen (secondary N) is 3. The number of phenols is 1. The number of aromatic hydroxyl groups is 1. The van der Waals surface area contributed by atoms with Gasteiger partial charge in [-0.2, -0.15) is 31.8 Å². The van der Waals surface area contributed by atoms with Gasteiger partial charge in [0.15, 0.2) is 5.75 Å². The van der Waals surface area contributed by atoms with E-state index in [2.05, 4.69) is 59.9 Å². The van der Waals surface area contributed by atoms with Gasteiger partial charge in [0.05, 0.1) is 44.5 Å². The van der Waals surface area contributed by atoms with Gasteiger partial charge in [0.25, 0.3) is 20.2 Å². The number of fused-ring (bicyclic) bond motifs is 1. The Balaban J connectivity index is 1.48. The Bertz CT molecular complexity index is 2660. The van der Waals surface area contributed by atoms with E-state index in [9.17, 15) is 40.6 Å². The summed E-state index contributed by atoms with van der Waals surface area (Å²) >= 11 is 7.60. The fraction of sp³-hybridized carbons (Fsp3) is 0.0690. The molecule has 1 aromatic heterocycles. The summed E-state index contributed by atoms with van der Waals surface area (Å²) in [4.78, 5) is 34.8. The van der Waals surface area contributed by atoms with Crippen LogP contribution in [0.25, 0.3) is 10.8 Å². The van der Waals surface area contributed by atoms with Crippen molar-refractivity contribution in [2.24, 2.45) is 10.2 Å². The van der Waals surface area contributed by atoms with E-state index in [0.717, 1.165) is 49.3 Å². The lowest BCUT2D eigenvalue weighted by molar-refractivity contribution is -0.432. The van der Waals surface area contributed by atoms with Crippen LogP contribution in [0, 0.1) is 0 Å². The quantitative estimate of drug-likeness (QED) is 0.0112. The van der Waals surface area contributed by atoms with Gasteiger partial charge in [-0.05, 0) is 71.6 Å². The van der Waals surface area contributed by atoms with Crippen LogP contribution < -0.4 is 16.0 Å². The molecule has 0 saturated carbocycles. The zero-order valence-corrected chi connectivity index (χ0v) is 33.7. The van der Waals surface area contributed by atoms with Gasteiger partial charge in [0, 0.05) is 35.7 Å². The summed E-state index contributed by atoms with van der Waals surface area (Å²) in [5.41, 5.74) is -0.870. The van der Waals surface area contributed by atoms with Crippen molar-refractivity contribution in [1.29, 1.82) is 0 Å². The predicted octanol–water partition coefficient (Wildman–Crippen LogP) is 6.79. The van der Waals surface area contributed by atoms with E-state index in [4.69, 9.17) is 26.3 Å². The van der Waals surface area contributed by atoms with Crippen LogP contribution in [-0.2, 0) is 52.8 Å². The largest absolute Gasteiger partial charge is 0.505 e. The Hall–Kier alpha value is -4.99. The predicted molar refractivity (Wildman–Crippen MR) is 208 cm³/mol. The van der Waals surface area contributed by atoms with Crippen molar-refractivity contribution >= 4 is 131 Å². The molecule has 30 heteroatoms. The van der Waals surface area contributed by atoms with E-state index in [1.807, 2.05) is 0 Å². The summed E-state index contributed by atoms with van der Waals surface area (Å²) in [5, 5.41) is 50.6. The number of carbonyl (C=O) groups excluding carboxylic acids is 2. The second kappa shape index (κ2) is 19.8. The topological polar surface area (TPSA) is 349 Å². The average molecular weight is 935 g/mol. The third-order valence-corrected chi connectivity index (χ3v) is 10.6. The molecular weight excluding hydrogens is 912 g/mol. The van der Waals surface area contributed by atoms with E-state index in [1.54, 1.807) is 24.3 Å². The van der Waals surface area contributed by atoms with Gasteiger partial charge in [-0.15, -0.1) is 18.9 Å².